The normalized spacial score (nSPS) is 18.2. The van der Waals surface area contributed by atoms with Gasteiger partial charge in [-0.15, -0.1) is 0 Å². The molecule has 2 fully saturated rings. The molecular weight excluding hydrogens is 394 g/mol. The summed E-state index contributed by atoms with van der Waals surface area (Å²) in [4.78, 5) is 27.1. The van der Waals surface area contributed by atoms with Crippen LogP contribution < -0.4 is 5.32 Å². The molecule has 166 valence electrons. The maximum Gasteiger partial charge on any atom is 0.276 e. The van der Waals surface area contributed by atoms with E-state index in [0.717, 1.165) is 49.0 Å². The van der Waals surface area contributed by atoms with Gasteiger partial charge in [-0.25, -0.2) is 0 Å². The summed E-state index contributed by atoms with van der Waals surface area (Å²) < 4.78 is 11.3. The lowest BCUT2D eigenvalue weighted by Crippen LogP contribution is -2.40. The number of carbonyl (C=O) groups excluding carboxylic acids is 2. The molecule has 7 heteroatoms. The van der Waals surface area contributed by atoms with E-state index in [0.29, 0.717) is 24.9 Å². The smallest absolute Gasteiger partial charge is 0.276 e. The fraction of sp³-hybridized carbons (Fsp3) is 0.542. The molecule has 1 saturated carbocycles. The Morgan fingerprint density at radius 2 is 1.87 bits per heavy atom. The Kier molecular flexibility index (Phi) is 6.41. The third kappa shape index (κ3) is 5.34. The van der Waals surface area contributed by atoms with Gasteiger partial charge in [-0.3, -0.25) is 9.59 Å². The molecule has 2 amide bonds. The fourth-order valence-corrected chi connectivity index (χ4v) is 4.30. The number of hydrogen-bond acceptors (Lipinski definition) is 5. The van der Waals surface area contributed by atoms with Gasteiger partial charge in [0.1, 0.15) is 0 Å². The van der Waals surface area contributed by atoms with Crippen molar-refractivity contribution in [2.45, 2.75) is 65.0 Å². The SMILES string of the molecule is Cc1cc(C)c(-c2cc(C(=O)N(CCC(=O)NC3CC3)C[C@H]3CCCO3)no2)c(C)c1. The molecule has 31 heavy (non-hydrogen) atoms. The molecule has 1 atom stereocenters. The van der Waals surface area contributed by atoms with Crippen LogP contribution >= 0.6 is 0 Å². The lowest BCUT2D eigenvalue weighted by atomic mass is 9.98. The van der Waals surface area contributed by atoms with Crippen molar-refractivity contribution in [3.63, 3.8) is 0 Å². The maximum absolute atomic E-state index is 13.3. The summed E-state index contributed by atoms with van der Waals surface area (Å²) in [6.07, 6.45) is 4.28. The largest absolute Gasteiger partial charge is 0.376 e. The van der Waals surface area contributed by atoms with E-state index >= 15 is 0 Å². The summed E-state index contributed by atoms with van der Waals surface area (Å²) in [6.45, 7) is 7.63. The number of hydrogen-bond donors (Lipinski definition) is 1. The number of aromatic nitrogens is 1. The molecular formula is C24H31N3O4. The minimum atomic E-state index is -0.230. The molecule has 0 spiro atoms. The van der Waals surface area contributed by atoms with Gasteiger partial charge in [0.15, 0.2) is 11.5 Å². The number of carbonyl (C=O) groups is 2. The Morgan fingerprint density at radius 3 is 2.52 bits per heavy atom. The van der Waals surface area contributed by atoms with Gasteiger partial charge in [-0.1, -0.05) is 22.9 Å². The predicted molar refractivity (Wildman–Crippen MR) is 117 cm³/mol. The third-order valence-corrected chi connectivity index (χ3v) is 5.94. The number of aryl methyl sites for hydroxylation is 3. The summed E-state index contributed by atoms with van der Waals surface area (Å²) in [5, 5.41) is 7.05. The van der Waals surface area contributed by atoms with Crippen LogP contribution in [0.2, 0.25) is 0 Å². The van der Waals surface area contributed by atoms with Crippen molar-refractivity contribution in [1.29, 1.82) is 0 Å². The molecule has 1 aliphatic heterocycles. The summed E-state index contributed by atoms with van der Waals surface area (Å²) in [5.74, 6) is 0.341. The average molecular weight is 426 g/mol. The van der Waals surface area contributed by atoms with Crippen LogP contribution in [0.3, 0.4) is 0 Å². The van der Waals surface area contributed by atoms with Crippen molar-refractivity contribution in [2.75, 3.05) is 19.7 Å². The molecule has 1 N–H and O–H groups in total. The molecule has 2 aromatic rings. The van der Waals surface area contributed by atoms with Crippen molar-refractivity contribution in [3.8, 4) is 11.3 Å². The zero-order valence-electron chi connectivity index (χ0n) is 18.6. The first kappa shape index (κ1) is 21.6. The first-order valence-electron chi connectivity index (χ1n) is 11.2. The van der Waals surface area contributed by atoms with Crippen molar-refractivity contribution in [3.05, 3.63) is 40.6 Å². The first-order chi connectivity index (χ1) is 14.9. The van der Waals surface area contributed by atoms with Crippen LogP contribution in [-0.4, -0.2) is 53.7 Å². The van der Waals surface area contributed by atoms with Crippen molar-refractivity contribution < 1.29 is 18.8 Å². The highest BCUT2D eigenvalue weighted by Crippen LogP contribution is 2.29. The minimum absolute atomic E-state index is 0.00315. The number of rotatable bonds is 8. The van der Waals surface area contributed by atoms with Crippen LogP contribution in [0.25, 0.3) is 11.3 Å². The second kappa shape index (κ2) is 9.22. The molecule has 2 aliphatic rings. The highest BCUT2D eigenvalue weighted by atomic mass is 16.5. The molecule has 4 rings (SSSR count). The Bertz CT molecular complexity index is 934. The first-order valence-corrected chi connectivity index (χ1v) is 11.2. The molecule has 2 heterocycles. The number of ether oxygens (including phenoxy) is 1. The molecule has 1 saturated heterocycles. The van der Waals surface area contributed by atoms with E-state index in [9.17, 15) is 9.59 Å². The van der Waals surface area contributed by atoms with Gasteiger partial charge < -0.3 is 19.5 Å². The van der Waals surface area contributed by atoms with Crippen LogP contribution in [0.1, 0.15) is 59.3 Å². The minimum Gasteiger partial charge on any atom is -0.376 e. The van der Waals surface area contributed by atoms with E-state index in [1.165, 1.54) is 5.56 Å². The van der Waals surface area contributed by atoms with Gasteiger partial charge in [-0.05, 0) is 57.6 Å². The number of benzene rings is 1. The monoisotopic (exact) mass is 425 g/mol. The quantitative estimate of drug-likeness (QED) is 0.699. The van der Waals surface area contributed by atoms with Crippen LogP contribution in [0, 0.1) is 20.8 Å². The highest BCUT2D eigenvalue weighted by Gasteiger charge is 2.28. The number of nitrogens with zero attached hydrogens (tertiary/aromatic N) is 2. The van der Waals surface area contributed by atoms with E-state index in [4.69, 9.17) is 9.26 Å². The zero-order chi connectivity index (χ0) is 22.0. The lowest BCUT2D eigenvalue weighted by Gasteiger charge is -2.24. The van der Waals surface area contributed by atoms with E-state index in [-0.39, 0.29) is 30.0 Å². The van der Waals surface area contributed by atoms with Gasteiger partial charge in [0.25, 0.3) is 5.91 Å². The van der Waals surface area contributed by atoms with Crippen molar-refractivity contribution in [1.82, 2.24) is 15.4 Å². The Morgan fingerprint density at radius 1 is 1.13 bits per heavy atom. The fourth-order valence-electron chi connectivity index (χ4n) is 4.30. The van der Waals surface area contributed by atoms with Gasteiger partial charge in [0.05, 0.1) is 6.10 Å². The molecule has 1 aromatic heterocycles. The second-order valence-corrected chi connectivity index (χ2v) is 8.83. The summed E-state index contributed by atoms with van der Waals surface area (Å²) in [7, 11) is 0. The van der Waals surface area contributed by atoms with Crippen LogP contribution in [-0.2, 0) is 9.53 Å². The zero-order valence-corrected chi connectivity index (χ0v) is 18.6. The Hall–Kier alpha value is -2.67. The van der Waals surface area contributed by atoms with Crippen LogP contribution in [0.15, 0.2) is 22.7 Å². The molecule has 0 unspecified atom stereocenters. The van der Waals surface area contributed by atoms with Gasteiger partial charge in [0, 0.05) is 43.8 Å². The number of amides is 2. The van der Waals surface area contributed by atoms with E-state index < -0.39 is 0 Å². The molecule has 0 radical (unpaired) electrons. The summed E-state index contributed by atoms with van der Waals surface area (Å²) in [5.41, 5.74) is 4.57. The lowest BCUT2D eigenvalue weighted by molar-refractivity contribution is -0.121. The summed E-state index contributed by atoms with van der Waals surface area (Å²) >= 11 is 0. The van der Waals surface area contributed by atoms with E-state index in [1.807, 2.05) is 13.8 Å². The van der Waals surface area contributed by atoms with Gasteiger partial charge in [-0.2, -0.15) is 0 Å². The molecule has 1 aliphatic carbocycles. The third-order valence-electron chi connectivity index (χ3n) is 5.94. The van der Waals surface area contributed by atoms with Crippen LogP contribution in [0.5, 0.6) is 0 Å². The molecule has 7 nitrogen and oxygen atoms in total. The standard InChI is InChI=1S/C24H31N3O4/c1-15-11-16(2)23(17(3)12-15)21-13-20(26-31-21)24(29)27(14-19-5-4-10-30-19)9-8-22(28)25-18-6-7-18/h11-13,18-19H,4-10,14H2,1-3H3,(H,25,28)/t19-/m1/s1. The predicted octanol–water partition coefficient (Wildman–Crippen LogP) is 3.56. The topological polar surface area (TPSA) is 84.7 Å². The van der Waals surface area contributed by atoms with Crippen molar-refractivity contribution in [2.24, 2.45) is 0 Å². The van der Waals surface area contributed by atoms with Crippen molar-refractivity contribution >= 4 is 11.8 Å². The van der Waals surface area contributed by atoms with Crippen LogP contribution in [0.4, 0.5) is 0 Å². The summed E-state index contributed by atoms with van der Waals surface area (Å²) in [6, 6.07) is 6.21. The van der Waals surface area contributed by atoms with E-state index in [2.05, 4.69) is 29.5 Å². The molecule has 1 aromatic carbocycles. The Labute approximate surface area is 183 Å². The maximum atomic E-state index is 13.3. The highest BCUT2D eigenvalue weighted by molar-refractivity contribution is 5.93. The second-order valence-electron chi connectivity index (χ2n) is 8.83. The van der Waals surface area contributed by atoms with E-state index in [1.54, 1.807) is 11.0 Å². The Balaban J connectivity index is 1.49. The number of nitrogens with one attached hydrogen (secondary N) is 1. The van der Waals surface area contributed by atoms with Gasteiger partial charge >= 0.3 is 0 Å². The molecule has 0 bridgehead atoms. The van der Waals surface area contributed by atoms with Gasteiger partial charge in [0.2, 0.25) is 5.91 Å². The average Bonchev–Trinajstić information content (AvgIpc) is 3.16.